The largest absolute Gasteiger partial charge is 0.357 e. The Hall–Kier alpha value is -4.07. The first kappa shape index (κ1) is 20.8. The molecule has 33 heavy (non-hydrogen) atoms. The highest BCUT2D eigenvalue weighted by Gasteiger charge is 2.26. The first-order valence-corrected chi connectivity index (χ1v) is 10.9. The molecule has 0 radical (unpaired) electrons. The molecule has 5 rings (SSSR count). The van der Waals surface area contributed by atoms with Gasteiger partial charge in [-0.25, -0.2) is 14.1 Å². The van der Waals surface area contributed by atoms with Crippen molar-refractivity contribution < 1.29 is 9.18 Å². The van der Waals surface area contributed by atoms with Crippen molar-refractivity contribution in [2.45, 2.75) is 12.8 Å². The molecule has 1 saturated heterocycles. The van der Waals surface area contributed by atoms with Gasteiger partial charge in [-0.1, -0.05) is 18.2 Å². The number of carbonyl (C=O) groups excluding carboxylic acids is 1. The summed E-state index contributed by atoms with van der Waals surface area (Å²) in [6, 6.07) is 19.4. The van der Waals surface area contributed by atoms with Crippen molar-refractivity contribution in [2.75, 3.05) is 23.3 Å². The van der Waals surface area contributed by atoms with Crippen LogP contribution in [-0.4, -0.2) is 38.6 Å². The van der Waals surface area contributed by atoms with E-state index in [0.29, 0.717) is 11.5 Å². The molecule has 3 heterocycles. The van der Waals surface area contributed by atoms with E-state index in [1.807, 2.05) is 42.5 Å². The molecule has 0 bridgehead atoms. The zero-order valence-corrected chi connectivity index (χ0v) is 17.9. The summed E-state index contributed by atoms with van der Waals surface area (Å²) >= 11 is 0. The second-order valence-electron chi connectivity index (χ2n) is 8.01. The van der Waals surface area contributed by atoms with Gasteiger partial charge >= 0.3 is 0 Å². The van der Waals surface area contributed by atoms with Gasteiger partial charge < -0.3 is 10.2 Å². The van der Waals surface area contributed by atoms with Crippen LogP contribution in [0.15, 0.2) is 79.3 Å². The van der Waals surface area contributed by atoms with Gasteiger partial charge in [-0.05, 0) is 55.3 Å². The normalized spacial score (nSPS) is 14.3. The van der Waals surface area contributed by atoms with Crippen molar-refractivity contribution in [1.82, 2.24) is 19.7 Å². The molecule has 8 heteroatoms. The zero-order valence-electron chi connectivity index (χ0n) is 17.9. The number of nitrogens with one attached hydrogen (secondary N) is 1. The third-order valence-electron chi connectivity index (χ3n) is 5.83. The standard InChI is InChI=1S/C25H23FN6O/c26-20-8-6-18(7-9-20)24(33)19-11-14-31(15-12-19)23-16-22(10-13-27-23)32-17-28-25(30-32)29-21-4-2-1-3-5-21/h1-10,13,16-17,19H,11-12,14-15H2,(H,29,30). The lowest BCUT2D eigenvalue weighted by Gasteiger charge is -2.32. The van der Waals surface area contributed by atoms with Gasteiger partial charge in [-0.15, -0.1) is 5.10 Å². The average Bonchev–Trinajstić information content (AvgIpc) is 3.33. The molecule has 2 aromatic carbocycles. The van der Waals surface area contributed by atoms with E-state index in [2.05, 4.69) is 25.3 Å². The van der Waals surface area contributed by atoms with E-state index >= 15 is 0 Å². The first-order valence-electron chi connectivity index (χ1n) is 10.9. The van der Waals surface area contributed by atoms with Crippen molar-refractivity contribution >= 4 is 23.2 Å². The summed E-state index contributed by atoms with van der Waals surface area (Å²) < 4.78 is 14.9. The number of para-hydroxylation sites is 1. The maximum Gasteiger partial charge on any atom is 0.246 e. The van der Waals surface area contributed by atoms with Gasteiger partial charge in [0.15, 0.2) is 5.78 Å². The summed E-state index contributed by atoms with van der Waals surface area (Å²) in [5.74, 6) is 1.05. The molecule has 4 aromatic rings. The number of hydrogen-bond donors (Lipinski definition) is 1. The Bertz CT molecular complexity index is 1230. The Labute approximate surface area is 190 Å². The van der Waals surface area contributed by atoms with Gasteiger partial charge in [0.05, 0.1) is 5.69 Å². The summed E-state index contributed by atoms with van der Waals surface area (Å²) in [5, 5.41) is 7.70. The van der Waals surface area contributed by atoms with Crippen LogP contribution >= 0.6 is 0 Å². The number of carbonyl (C=O) groups is 1. The first-order chi connectivity index (χ1) is 16.2. The Morgan fingerprint density at radius 2 is 1.73 bits per heavy atom. The average molecular weight is 442 g/mol. The van der Waals surface area contributed by atoms with Crippen LogP contribution in [0.2, 0.25) is 0 Å². The fourth-order valence-electron chi connectivity index (χ4n) is 4.04. The second kappa shape index (κ2) is 9.20. The van der Waals surface area contributed by atoms with Gasteiger partial charge in [0, 0.05) is 42.5 Å². The molecular formula is C25H23FN6O. The summed E-state index contributed by atoms with van der Waals surface area (Å²) in [6.45, 7) is 1.46. The van der Waals surface area contributed by atoms with Gasteiger partial charge in [0.1, 0.15) is 18.0 Å². The van der Waals surface area contributed by atoms with Crippen molar-refractivity contribution in [3.63, 3.8) is 0 Å². The van der Waals surface area contributed by atoms with Crippen LogP contribution in [0.25, 0.3) is 5.69 Å². The van der Waals surface area contributed by atoms with Crippen LogP contribution in [0.5, 0.6) is 0 Å². The quantitative estimate of drug-likeness (QED) is 0.438. The van der Waals surface area contributed by atoms with E-state index in [0.717, 1.165) is 43.1 Å². The zero-order chi connectivity index (χ0) is 22.6. The molecule has 2 aromatic heterocycles. The summed E-state index contributed by atoms with van der Waals surface area (Å²) in [7, 11) is 0. The number of hydrogen-bond acceptors (Lipinski definition) is 6. The van der Waals surface area contributed by atoms with E-state index in [1.54, 1.807) is 29.3 Å². The molecule has 166 valence electrons. The molecule has 1 fully saturated rings. The highest BCUT2D eigenvalue weighted by molar-refractivity contribution is 5.98. The molecule has 0 aliphatic carbocycles. The molecule has 0 spiro atoms. The number of halogens is 1. The third kappa shape index (κ3) is 4.74. The SMILES string of the molecule is O=C(c1ccc(F)cc1)C1CCN(c2cc(-n3cnc(Nc4ccccc4)n3)ccn2)CC1. The van der Waals surface area contributed by atoms with Gasteiger partial charge in [0.2, 0.25) is 5.95 Å². The Morgan fingerprint density at radius 3 is 2.48 bits per heavy atom. The van der Waals surface area contributed by atoms with Crippen molar-refractivity contribution in [2.24, 2.45) is 5.92 Å². The minimum Gasteiger partial charge on any atom is -0.357 e. The molecule has 1 aliphatic heterocycles. The van der Waals surface area contributed by atoms with Crippen molar-refractivity contribution in [1.29, 1.82) is 0 Å². The second-order valence-corrected chi connectivity index (χ2v) is 8.01. The van der Waals surface area contributed by atoms with E-state index in [4.69, 9.17) is 0 Å². The number of pyridine rings is 1. The van der Waals surface area contributed by atoms with Crippen LogP contribution in [0.4, 0.5) is 21.8 Å². The molecule has 1 aliphatic rings. The van der Waals surface area contributed by atoms with Crippen LogP contribution in [-0.2, 0) is 0 Å². The summed E-state index contributed by atoms with van der Waals surface area (Å²) in [6.07, 6.45) is 4.89. The van der Waals surface area contributed by atoms with Crippen LogP contribution in [0.1, 0.15) is 23.2 Å². The molecule has 0 amide bonds. The fraction of sp³-hybridized carbons (Fsp3) is 0.200. The number of rotatable bonds is 6. The highest BCUT2D eigenvalue weighted by Crippen LogP contribution is 2.26. The monoisotopic (exact) mass is 442 g/mol. The Balaban J connectivity index is 1.24. The number of benzene rings is 2. The van der Waals surface area contributed by atoms with Crippen molar-refractivity contribution in [3.05, 3.63) is 90.6 Å². The van der Waals surface area contributed by atoms with Gasteiger partial charge in [-0.2, -0.15) is 4.98 Å². The number of ketones is 1. The highest BCUT2D eigenvalue weighted by atomic mass is 19.1. The summed E-state index contributed by atoms with van der Waals surface area (Å²) in [5.41, 5.74) is 2.35. The van der Waals surface area contributed by atoms with Crippen molar-refractivity contribution in [3.8, 4) is 5.69 Å². The summed E-state index contributed by atoms with van der Waals surface area (Å²) in [4.78, 5) is 23.8. The lowest BCUT2D eigenvalue weighted by molar-refractivity contribution is 0.0900. The predicted octanol–water partition coefficient (Wildman–Crippen LogP) is 4.64. The molecular weight excluding hydrogens is 419 g/mol. The predicted molar refractivity (Wildman–Crippen MR) is 125 cm³/mol. The topological polar surface area (TPSA) is 75.9 Å². The van der Waals surface area contributed by atoms with E-state index in [9.17, 15) is 9.18 Å². The van der Waals surface area contributed by atoms with Crippen LogP contribution < -0.4 is 10.2 Å². The number of aromatic nitrogens is 4. The maximum atomic E-state index is 13.1. The Kier molecular flexibility index (Phi) is 5.80. The number of nitrogens with zero attached hydrogens (tertiary/aromatic N) is 5. The smallest absolute Gasteiger partial charge is 0.246 e. The lowest BCUT2D eigenvalue weighted by atomic mass is 9.89. The molecule has 0 unspecified atom stereocenters. The number of anilines is 3. The van der Waals surface area contributed by atoms with E-state index in [1.165, 1.54) is 12.1 Å². The molecule has 0 saturated carbocycles. The minimum atomic E-state index is -0.331. The maximum absolute atomic E-state index is 13.1. The minimum absolute atomic E-state index is 0.0585. The molecule has 1 N–H and O–H groups in total. The molecule has 7 nitrogen and oxygen atoms in total. The fourth-order valence-corrected chi connectivity index (χ4v) is 4.04. The van der Waals surface area contributed by atoms with E-state index < -0.39 is 0 Å². The number of piperidine rings is 1. The molecule has 0 atom stereocenters. The lowest BCUT2D eigenvalue weighted by Crippen LogP contribution is -2.36. The van der Waals surface area contributed by atoms with Gasteiger partial charge in [0.25, 0.3) is 0 Å². The Morgan fingerprint density at radius 1 is 0.970 bits per heavy atom. The van der Waals surface area contributed by atoms with Crippen LogP contribution in [0.3, 0.4) is 0 Å². The van der Waals surface area contributed by atoms with E-state index in [-0.39, 0.29) is 17.5 Å². The van der Waals surface area contributed by atoms with Gasteiger partial charge in [-0.3, -0.25) is 4.79 Å². The van der Waals surface area contributed by atoms with Crippen LogP contribution in [0, 0.1) is 11.7 Å². The number of Topliss-reactive ketones (excluding diaryl/α,β-unsaturated/α-hetero) is 1. The third-order valence-corrected chi connectivity index (χ3v) is 5.83.